The molecule has 0 saturated carbocycles. The lowest BCUT2D eigenvalue weighted by Crippen LogP contribution is -2.32. The first-order chi connectivity index (χ1) is 11.9. The Labute approximate surface area is 145 Å². The summed E-state index contributed by atoms with van der Waals surface area (Å²) in [6.07, 6.45) is 1.32. The Morgan fingerprint density at radius 2 is 1.92 bits per heavy atom. The average Bonchev–Trinajstić information content (AvgIpc) is 2.54. The minimum Gasteiger partial charge on any atom is -0.398 e. The molecule has 130 valence electrons. The molecular formula is C17H20N6O2. The predicted molar refractivity (Wildman–Crippen MR) is 96.3 cm³/mol. The molecule has 0 aliphatic carbocycles. The third kappa shape index (κ3) is 5.03. The highest BCUT2D eigenvalue weighted by Crippen LogP contribution is 2.16. The van der Waals surface area contributed by atoms with E-state index in [0.717, 1.165) is 5.56 Å². The Hall–Kier alpha value is -3.42. The average molecular weight is 340 g/mol. The molecule has 0 saturated heterocycles. The highest BCUT2D eigenvalue weighted by atomic mass is 16.2. The molecule has 8 heteroatoms. The van der Waals surface area contributed by atoms with Crippen molar-refractivity contribution in [1.82, 2.24) is 15.6 Å². The number of rotatable bonds is 4. The second-order valence-electron chi connectivity index (χ2n) is 5.44. The first-order valence-electron chi connectivity index (χ1n) is 7.61. The molecule has 0 bridgehead atoms. The molecule has 1 atom stereocenters. The summed E-state index contributed by atoms with van der Waals surface area (Å²) in [7, 11) is 0. The van der Waals surface area contributed by atoms with E-state index in [1.165, 1.54) is 19.2 Å². The summed E-state index contributed by atoms with van der Waals surface area (Å²) in [6, 6.07) is 10.4. The first-order valence-corrected chi connectivity index (χ1v) is 7.61. The topological polar surface area (TPSA) is 133 Å². The van der Waals surface area contributed by atoms with Crippen LogP contribution in [0.2, 0.25) is 0 Å². The number of hydrogen-bond acceptors (Lipinski definition) is 5. The number of hydrogen-bond donors (Lipinski definition) is 5. The van der Waals surface area contributed by atoms with Gasteiger partial charge in [-0.1, -0.05) is 30.3 Å². The fraction of sp³-hybridized carbons (Fsp3) is 0.176. The molecule has 1 aromatic heterocycles. The second-order valence-corrected chi connectivity index (χ2v) is 5.44. The smallest absolute Gasteiger partial charge is 0.320 e. The molecule has 1 unspecified atom stereocenters. The third-order valence-electron chi connectivity index (χ3n) is 3.40. The van der Waals surface area contributed by atoms with E-state index >= 15 is 0 Å². The lowest BCUT2D eigenvalue weighted by Gasteiger charge is -2.15. The van der Waals surface area contributed by atoms with Gasteiger partial charge < -0.3 is 16.4 Å². The van der Waals surface area contributed by atoms with E-state index in [4.69, 9.17) is 11.1 Å². The summed E-state index contributed by atoms with van der Waals surface area (Å²) in [4.78, 5) is 27.1. The van der Waals surface area contributed by atoms with Crippen molar-refractivity contribution in [3.63, 3.8) is 0 Å². The van der Waals surface area contributed by atoms with Crippen LogP contribution in [0, 0.1) is 5.41 Å². The minimum atomic E-state index is -0.423. The van der Waals surface area contributed by atoms with Gasteiger partial charge in [-0.05, 0) is 12.5 Å². The largest absolute Gasteiger partial charge is 0.398 e. The van der Waals surface area contributed by atoms with Crippen LogP contribution in [0.25, 0.3) is 0 Å². The standard InChI is InChI=1S/C17H20N6O2/c1-10(12-6-4-3-5-7-12)21-17(25)23-15-8-14(18)13(9-20-15)16(19)22-11(2)24/h3-10H,1-2H3,(H2,19,22,24)(H4,18,20,21,23,25). The lowest BCUT2D eigenvalue weighted by atomic mass is 10.1. The number of anilines is 2. The fourth-order valence-corrected chi connectivity index (χ4v) is 2.17. The maximum atomic E-state index is 12.1. The number of aromatic nitrogens is 1. The Balaban J connectivity index is 2.00. The van der Waals surface area contributed by atoms with Crippen LogP contribution in [-0.4, -0.2) is 22.8 Å². The Kier molecular flexibility index (Phi) is 5.67. The summed E-state index contributed by atoms with van der Waals surface area (Å²) in [5.41, 5.74) is 7.34. The molecular weight excluding hydrogens is 320 g/mol. The van der Waals surface area contributed by atoms with Gasteiger partial charge in [-0.25, -0.2) is 9.78 Å². The SMILES string of the molecule is CC(=O)NC(=N)c1cnc(NC(=O)NC(C)c2ccccc2)cc1N. The molecule has 0 aliphatic rings. The molecule has 3 amide bonds. The van der Waals surface area contributed by atoms with Crippen LogP contribution in [0.3, 0.4) is 0 Å². The van der Waals surface area contributed by atoms with Crippen molar-refractivity contribution in [3.8, 4) is 0 Å². The lowest BCUT2D eigenvalue weighted by molar-refractivity contribution is -0.117. The van der Waals surface area contributed by atoms with E-state index in [1.807, 2.05) is 37.3 Å². The van der Waals surface area contributed by atoms with E-state index in [9.17, 15) is 9.59 Å². The van der Waals surface area contributed by atoms with Gasteiger partial charge in [0.2, 0.25) is 5.91 Å². The molecule has 0 aliphatic heterocycles. The van der Waals surface area contributed by atoms with Crippen LogP contribution < -0.4 is 21.7 Å². The number of nitrogens with one attached hydrogen (secondary N) is 4. The van der Waals surface area contributed by atoms with E-state index < -0.39 is 6.03 Å². The minimum absolute atomic E-state index is 0.147. The van der Waals surface area contributed by atoms with Crippen LogP contribution >= 0.6 is 0 Å². The zero-order valence-corrected chi connectivity index (χ0v) is 14.0. The molecule has 1 aromatic carbocycles. The molecule has 2 aromatic rings. The number of carbonyl (C=O) groups excluding carboxylic acids is 2. The number of nitrogen functional groups attached to an aromatic ring is 1. The van der Waals surface area contributed by atoms with Crippen LogP contribution in [0.4, 0.5) is 16.3 Å². The molecule has 8 nitrogen and oxygen atoms in total. The zero-order chi connectivity index (χ0) is 18.4. The van der Waals surface area contributed by atoms with E-state index in [0.29, 0.717) is 0 Å². The summed E-state index contributed by atoms with van der Waals surface area (Å²) in [5, 5.41) is 15.5. The maximum absolute atomic E-state index is 12.1. The van der Waals surface area contributed by atoms with Gasteiger partial charge in [-0.2, -0.15) is 0 Å². The highest BCUT2D eigenvalue weighted by molar-refractivity contribution is 6.08. The number of urea groups is 1. The van der Waals surface area contributed by atoms with Crippen molar-refractivity contribution in [1.29, 1.82) is 5.41 Å². The number of carbonyl (C=O) groups is 2. The van der Waals surface area contributed by atoms with Crippen molar-refractivity contribution in [2.45, 2.75) is 19.9 Å². The maximum Gasteiger partial charge on any atom is 0.320 e. The van der Waals surface area contributed by atoms with Crippen LogP contribution in [0.15, 0.2) is 42.6 Å². The molecule has 2 rings (SSSR count). The van der Waals surface area contributed by atoms with Crippen LogP contribution in [0.5, 0.6) is 0 Å². The van der Waals surface area contributed by atoms with Gasteiger partial charge in [0, 0.05) is 24.9 Å². The van der Waals surface area contributed by atoms with E-state index in [1.54, 1.807) is 0 Å². The van der Waals surface area contributed by atoms with Gasteiger partial charge in [0.1, 0.15) is 11.7 Å². The van der Waals surface area contributed by atoms with Gasteiger partial charge in [-0.15, -0.1) is 0 Å². The number of nitrogens with two attached hydrogens (primary N) is 1. The summed E-state index contributed by atoms with van der Waals surface area (Å²) < 4.78 is 0. The normalized spacial score (nSPS) is 11.3. The molecule has 25 heavy (non-hydrogen) atoms. The van der Waals surface area contributed by atoms with Gasteiger partial charge in [0.15, 0.2) is 0 Å². The van der Waals surface area contributed by atoms with Gasteiger partial charge in [0.05, 0.1) is 11.6 Å². The zero-order valence-electron chi connectivity index (χ0n) is 14.0. The third-order valence-corrected chi connectivity index (χ3v) is 3.40. The monoisotopic (exact) mass is 340 g/mol. The number of pyridine rings is 1. The molecule has 0 fully saturated rings. The van der Waals surface area contributed by atoms with Crippen LogP contribution in [-0.2, 0) is 4.79 Å². The van der Waals surface area contributed by atoms with Gasteiger partial charge in [-0.3, -0.25) is 15.5 Å². The van der Waals surface area contributed by atoms with Crippen molar-refractivity contribution in [3.05, 3.63) is 53.7 Å². The summed E-state index contributed by atoms with van der Waals surface area (Å²) in [5.74, 6) is -0.276. The number of nitrogens with zero attached hydrogens (tertiary/aromatic N) is 1. The van der Waals surface area contributed by atoms with Crippen molar-refractivity contribution in [2.75, 3.05) is 11.1 Å². The quantitative estimate of drug-likeness (QED) is 0.430. The molecule has 1 heterocycles. The molecule has 0 radical (unpaired) electrons. The Morgan fingerprint density at radius 1 is 1.24 bits per heavy atom. The Bertz CT molecular complexity index is 791. The first kappa shape index (κ1) is 17.9. The summed E-state index contributed by atoms with van der Waals surface area (Å²) in [6.45, 7) is 3.17. The van der Waals surface area contributed by atoms with Crippen molar-refractivity contribution < 1.29 is 9.59 Å². The highest BCUT2D eigenvalue weighted by Gasteiger charge is 2.12. The summed E-state index contributed by atoms with van der Waals surface area (Å²) >= 11 is 0. The van der Waals surface area contributed by atoms with Crippen molar-refractivity contribution in [2.24, 2.45) is 0 Å². The second kappa shape index (κ2) is 7.91. The molecule has 6 N–H and O–H groups in total. The Morgan fingerprint density at radius 3 is 2.52 bits per heavy atom. The van der Waals surface area contributed by atoms with Crippen LogP contribution in [0.1, 0.15) is 31.0 Å². The van der Waals surface area contributed by atoms with E-state index in [-0.39, 0.29) is 34.9 Å². The van der Waals surface area contributed by atoms with Gasteiger partial charge in [0.25, 0.3) is 0 Å². The number of amidine groups is 1. The van der Waals surface area contributed by atoms with Crippen molar-refractivity contribution >= 4 is 29.3 Å². The van der Waals surface area contributed by atoms with E-state index in [2.05, 4.69) is 20.9 Å². The predicted octanol–water partition coefficient (Wildman–Crippen LogP) is 2.01. The molecule has 0 spiro atoms. The number of benzene rings is 1. The number of amides is 3. The fourth-order valence-electron chi connectivity index (χ4n) is 2.17. The van der Waals surface area contributed by atoms with Gasteiger partial charge >= 0.3 is 6.03 Å².